The number of nitrogens with one attached hydrogen (secondary N) is 1. The number of rotatable bonds is 3. The molecule has 0 aliphatic carbocycles. The molecular weight excluding hydrogens is 272 g/mol. The molecule has 5 heteroatoms. The normalized spacial score (nSPS) is 11.9. The van der Waals surface area contributed by atoms with Crippen LogP contribution in [0.25, 0.3) is 0 Å². The van der Waals surface area contributed by atoms with Gasteiger partial charge in [0.05, 0.1) is 0 Å². The van der Waals surface area contributed by atoms with Crippen molar-refractivity contribution in [2.75, 3.05) is 0 Å². The lowest BCUT2D eigenvalue weighted by molar-refractivity contribution is -0.119. The minimum absolute atomic E-state index is 0.295. The van der Waals surface area contributed by atoms with Crippen LogP contribution in [0.2, 0.25) is 0 Å². The molecule has 0 radical (unpaired) electrons. The molecule has 0 aliphatic heterocycles. The van der Waals surface area contributed by atoms with Gasteiger partial charge in [0.1, 0.15) is 6.04 Å². The molecule has 16 heavy (non-hydrogen) atoms. The highest BCUT2D eigenvalue weighted by Crippen LogP contribution is 2.15. The van der Waals surface area contributed by atoms with Crippen molar-refractivity contribution < 1.29 is 9.59 Å². The zero-order valence-electron chi connectivity index (χ0n) is 9.08. The van der Waals surface area contributed by atoms with E-state index >= 15 is 0 Å². The maximum atomic E-state index is 11.8. The van der Waals surface area contributed by atoms with Gasteiger partial charge in [-0.25, -0.2) is 0 Å². The maximum absolute atomic E-state index is 11.8. The molecule has 0 bridgehead atoms. The van der Waals surface area contributed by atoms with Gasteiger partial charge < -0.3 is 11.1 Å². The van der Waals surface area contributed by atoms with Crippen LogP contribution in [0.5, 0.6) is 0 Å². The summed E-state index contributed by atoms with van der Waals surface area (Å²) in [6, 6.07) is 4.64. The van der Waals surface area contributed by atoms with Gasteiger partial charge in [-0.15, -0.1) is 0 Å². The zero-order chi connectivity index (χ0) is 12.3. The first kappa shape index (κ1) is 12.7. The van der Waals surface area contributed by atoms with E-state index < -0.39 is 11.9 Å². The van der Waals surface area contributed by atoms with Gasteiger partial charge in [-0.05, 0) is 37.6 Å². The second-order valence-electron chi connectivity index (χ2n) is 3.56. The average molecular weight is 285 g/mol. The Morgan fingerprint density at radius 2 is 2.06 bits per heavy atom. The summed E-state index contributed by atoms with van der Waals surface area (Å²) in [5.41, 5.74) is 6.44. The summed E-state index contributed by atoms with van der Waals surface area (Å²) in [7, 11) is 0. The van der Waals surface area contributed by atoms with Gasteiger partial charge in [-0.1, -0.05) is 15.9 Å². The Bertz CT molecular complexity index is 432. The molecule has 0 fully saturated rings. The Kier molecular flexibility index (Phi) is 4.06. The molecule has 1 rings (SSSR count). The Balaban J connectivity index is 2.85. The summed E-state index contributed by atoms with van der Waals surface area (Å²) >= 11 is 3.31. The van der Waals surface area contributed by atoms with Crippen LogP contribution in [-0.2, 0) is 4.79 Å². The molecule has 0 aromatic heterocycles. The number of nitrogens with two attached hydrogens (primary N) is 1. The highest BCUT2D eigenvalue weighted by molar-refractivity contribution is 9.10. The van der Waals surface area contributed by atoms with Crippen molar-refractivity contribution in [2.45, 2.75) is 19.9 Å². The van der Waals surface area contributed by atoms with Gasteiger partial charge >= 0.3 is 0 Å². The Morgan fingerprint density at radius 3 is 2.56 bits per heavy atom. The number of halogens is 1. The van der Waals surface area contributed by atoms with Crippen molar-refractivity contribution in [1.82, 2.24) is 5.32 Å². The molecule has 0 saturated carbocycles. The van der Waals surface area contributed by atoms with E-state index in [0.29, 0.717) is 5.56 Å². The van der Waals surface area contributed by atoms with E-state index in [1.165, 1.54) is 0 Å². The molecule has 86 valence electrons. The molecule has 4 nitrogen and oxygen atoms in total. The first-order valence-corrected chi connectivity index (χ1v) is 5.57. The number of primary amides is 1. The third-order valence-corrected chi connectivity index (χ3v) is 2.70. The SMILES string of the molecule is Cc1cc(Br)ccc1C(=O)N[C@H](C)C(N)=O. The monoisotopic (exact) mass is 284 g/mol. The van der Waals surface area contributed by atoms with Crippen molar-refractivity contribution in [1.29, 1.82) is 0 Å². The van der Waals surface area contributed by atoms with Crippen LogP contribution in [0.1, 0.15) is 22.8 Å². The van der Waals surface area contributed by atoms with Crippen LogP contribution in [0, 0.1) is 6.92 Å². The molecule has 0 saturated heterocycles. The Hall–Kier alpha value is -1.36. The summed E-state index contributed by atoms with van der Waals surface area (Å²) in [5, 5.41) is 2.53. The second-order valence-corrected chi connectivity index (χ2v) is 4.47. The molecule has 2 amide bonds. The van der Waals surface area contributed by atoms with Crippen LogP contribution in [0.4, 0.5) is 0 Å². The number of hydrogen-bond donors (Lipinski definition) is 2. The first-order valence-electron chi connectivity index (χ1n) is 4.78. The van der Waals surface area contributed by atoms with E-state index in [0.717, 1.165) is 10.0 Å². The van der Waals surface area contributed by atoms with E-state index in [1.54, 1.807) is 19.1 Å². The van der Waals surface area contributed by atoms with Crippen LogP contribution in [0.3, 0.4) is 0 Å². The van der Waals surface area contributed by atoms with Gasteiger partial charge in [-0.3, -0.25) is 9.59 Å². The first-order chi connectivity index (χ1) is 7.41. The summed E-state index contributed by atoms with van der Waals surface area (Å²) in [4.78, 5) is 22.6. The van der Waals surface area contributed by atoms with Crippen LogP contribution in [0.15, 0.2) is 22.7 Å². The zero-order valence-corrected chi connectivity index (χ0v) is 10.7. The standard InChI is InChI=1S/C11H13BrN2O2/c1-6-5-8(12)3-4-9(6)11(16)14-7(2)10(13)15/h3-5,7H,1-2H3,(H2,13,15)(H,14,16)/t7-/m1/s1. The Morgan fingerprint density at radius 1 is 1.44 bits per heavy atom. The van der Waals surface area contributed by atoms with Gasteiger partial charge in [0.2, 0.25) is 5.91 Å². The molecule has 0 spiro atoms. The number of benzene rings is 1. The molecule has 1 atom stereocenters. The van der Waals surface area contributed by atoms with E-state index in [-0.39, 0.29) is 5.91 Å². The number of aryl methyl sites for hydroxylation is 1. The predicted molar refractivity (Wildman–Crippen MR) is 65.0 cm³/mol. The minimum atomic E-state index is -0.671. The van der Waals surface area contributed by atoms with Crippen molar-refractivity contribution in [3.63, 3.8) is 0 Å². The molecule has 0 heterocycles. The van der Waals surface area contributed by atoms with E-state index in [9.17, 15) is 9.59 Å². The predicted octanol–water partition coefficient (Wildman–Crippen LogP) is 1.36. The van der Waals surface area contributed by atoms with Gasteiger partial charge in [0.15, 0.2) is 0 Å². The number of amides is 2. The lowest BCUT2D eigenvalue weighted by Gasteiger charge is -2.11. The fourth-order valence-electron chi connectivity index (χ4n) is 1.23. The van der Waals surface area contributed by atoms with Gasteiger partial charge in [0.25, 0.3) is 5.91 Å². The lowest BCUT2D eigenvalue weighted by atomic mass is 10.1. The van der Waals surface area contributed by atoms with Crippen LogP contribution in [-0.4, -0.2) is 17.9 Å². The van der Waals surface area contributed by atoms with Crippen molar-refractivity contribution in [3.05, 3.63) is 33.8 Å². The molecule has 0 aliphatic rings. The maximum Gasteiger partial charge on any atom is 0.252 e. The van der Waals surface area contributed by atoms with Crippen LogP contribution >= 0.6 is 15.9 Å². The summed E-state index contributed by atoms with van der Waals surface area (Å²) in [6.45, 7) is 3.38. The van der Waals surface area contributed by atoms with Gasteiger partial charge in [-0.2, -0.15) is 0 Å². The van der Waals surface area contributed by atoms with Crippen LogP contribution < -0.4 is 11.1 Å². The molecule has 1 aromatic carbocycles. The number of hydrogen-bond acceptors (Lipinski definition) is 2. The van der Waals surface area contributed by atoms with E-state index in [1.807, 2.05) is 13.0 Å². The van der Waals surface area contributed by atoms with E-state index in [2.05, 4.69) is 21.2 Å². The second kappa shape index (κ2) is 5.12. The molecule has 0 unspecified atom stereocenters. The summed E-state index contributed by atoms with van der Waals surface area (Å²) < 4.78 is 0.907. The fraction of sp³-hybridized carbons (Fsp3) is 0.273. The highest BCUT2D eigenvalue weighted by Gasteiger charge is 2.15. The fourth-order valence-corrected chi connectivity index (χ4v) is 1.70. The Labute approximate surface area is 102 Å². The third kappa shape index (κ3) is 3.06. The molecular formula is C11H13BrN2O2. The third-order valence-electron chi connectivity index (χ3n) is 2.21. The number of carbonyl (C=O) groups is 2. The number of carbonyl (C=O) groups excluding carboxylic acids is 2. The van der Waals surface area contributed by atoms with Crippen molar-refractivity contribution in [2.24, 2.45) is 5.73 Å². The highest BCUT2D eigenvalue weighted by atomic mass is 79.9. The molecule has 3 N–H and O–H groups in total. The van der Waals surface area contributed by atoms with Crippen molar-refractivity contribution >= 4 is 27.7 Å². The van der Waals surface area contributed by atoms with Gasteiger partial charge in [0, 0.05) is 10.0 Å². The quantitative estimate of drug-likeness (QED) is 0.880. The summed E-state index contributed by atoms with van der Waals surface area (Å²) in [6.07, 6.45) is 0. The lowest BCUT2D eigenvalue weighted by Crippen LogP contribution is -2.42. The largest absolute Gasteiger partial charge is 0.368 e. The minimum Gasteiger partial charge on any atom is -0.368 e. The molecule has 1 aromatic rings. The average Bonchev–Trinajstić information content (AvgIpc) is 2.16. The topological polar surface area (TPSA) is 72.2 Å². The van der Waals surface area contributed by atoms with Crippen molar-refractivity contribution in [3.8, 4) is 0 Å². The summed E-state index contributed by atoms with van der Waals surface area (Å²) in [5.74, 6) is -0.848. The smallest absolute Gasteiger partial charge is 0.252 e. The van der Waals surface area contributed by atoms with E-state index in [4.69, 9.17) is 5.73 Å².